The molecule has 3 heterocycles. The van der Waals surface area contributed by atoms with Crippen LogP contribution in [0.25, 0.3) is 22.8 Å². The van der Waals surface area contributed by atoms with Crippen molar-refractivity contribution in [2.24, 2.45) is 0 Å². The molecule has 25 heavy (non-hydrogen) atoms. The van der Waals surface area contributed by atoms with E-state index >= 15 is 0 Å². The highest BCUT2D eigenvalue weighted by Crippen LogP contribution is 2.24. The predicted molar refractivity (Wildman–Crippen MR) is 89.5 cm³/mol. The number of nitrogens with zero attached hydrogens (tertiary/aromatic N) is 3. The van der Waals surface area contributed by atoms with Gasteiger partial charge in [0.1, 0.15) is 5.82 Å². The SMILES string of the molecule is O=C(Nc1nc(-c2ccc[nH]2)cs1)c1noc(-c2cccc(F)c2)n1. The predicted octanol–water partition coefficient (Wildman–Crippen LogP) is 3.58. The van der Waals surface area contributed by atoms with Crippen LogP contribution in [0, 0.1) is 5.82 Å². The van der Waals surface area contributed by atoms with Crippen LogP contribution in [0.4, 0.5) is 9.52 Å². The molecule has 0 radical (unpaired) electrons. The third kappa shape index (κ3) is 3.17. The van der Waals surface area contributed by atoms with Gasteiger partial charge in [0, 0.05) is 17.1 Å². The molecule has 0 aliphatic carbocycles. The van der Waals surface area contributed by atoms with E-state index in [9.17, 15) is 9.18 Å². The largest absolute Gasteiger partial charge is 0.360 e. The number of anilines is 1. The third-order valence-corrected chi connectivity index (χ3v) is 4.06. The zero-order valence-corrected chi connectivity index (χ0v) is 13.4. The molecule has 7 nitrogen and oxygen atoms in total. The molecule has 0 aliphatic rings. The van der Waals surface area contributed by atoms with E-state index in [-0.39, 0.29) is 11.7 Å². The Kier molecular flexibility index (Phi) is 3.82. The third-order valence-electron chi connectivity index (χ3n) is 3.30. The van der Waals surface area contributed by atoms with Gasteiger partial charge in [-0.3, -0.25) is 10.1 Å². The summed E-state index contributed by atoms with van der Waals surface area (Å²) in [5, 5.41) is 8.46. The Morgan fingerprint density at radius 3 is 2.96 bits per heavy atom. The highest BCUT2D eigenvalue weighted by molar-refractivity contribution is 7.14. The summed E-state index contributed by atoms with van der Waals surface area (Å²) in [4.78, 5) is 23.6. The van der Waals surface area contributed by atoms with Crippen LogP contribution in [0.5, 0.6) is 0 Å². The topological polar surface area (TPSA) is 96.7 Å². The van der Waals surface area contributed by atoms with Crippen LogP contribution in [-0.4, -0.2) is 26.0 Å². The van der Waals surface area contributed by atoms with Crippen LogP contribution in [0.15, 0.2) is 52.5 Å². The van der Waals surface area contributed by atoms with Crippen molar-refractivity contribution in [3.63, 3.8) is 0 Å². The van der Waals surface area contributed by atoms with Gasteiger partial charge in [0.25, 0.3) is 17.6 Å². The van der Waals surface area contributed by atoms with Gasteiger partial charge in [0.15, 0.2) is 5.13 Å². The molecule has 124 valence electrons. The van der Waals surface area contributed by atoms with Gasteiger partial charge in [-0.1, -0.05) is 11.2 Å². The number of benzene rings is 1. The van der Waals surface area contributed by atoms with Gasteiger partial charge in [-0.2, -0.15) is 4.98 Å². The second kappa shape index (κ2) is 6.29. The number of carbonyl (C=O) groups is 1. The number of halogens is 1. The van der Waals surface area contributed by atoms with E-state index in [4.69, 9.17) is 4.52 Å². The molecule has 0 spiro atoms. The lowest BCUT2D eigenvalue weighted by Crippen LogP contribution is -2.13. The minimum atomic E-state index is -0.557. The number of H-pyrrole nitrogens is 1. The molecule has 0 aliphatic heterocycles. The standard InChI is InChI=1S/C16H10FN5O2S/c17-10-4-1-3-9(7-10)15-20-13(22-24-15)14(23)21-16-19-12(8-25-16)11-5-2-6-18-11/h1-8,18H,(H,19,21,23). The number of rotatable bonds is 4. The van der Waals surface area contributed by atoms with Crippen molar-refractivity contribution in [3.05, 3.63) is 59.6 Å². The molecule has 1 amide bonds. The molecule has 1 aromatic carbocycles. The average molecular weight is 355 g/mol. The van der Waals surface area contributed by atoms with Crippen molar-refractivity contribution in [2.75, 3.05) is 5.32 Å². The van der Waals surface area contributed by atoms with E-state index < -0.39 is 11.7 Å². The molecule has 4 aromatic rings. The molecule has 2 N–H and O–H groups in total. The second-order valence-corrected chi connectivity index (χ2v) is 5.87. The number of aromatic nitrogens is 4. The second-order valence-electron chi connectivity index (χ2n) is 5.01. The molecule has 9 heteroatoms. The Hall–Kier alpha value is -3.33. The lowest BCUT2D eigenvalue weighted by molar-refractivity contribution is 0.101. The smallest absolute Gasteiger partial charge is 0.298 e. The van der Waals surface area contributed by atoms with Crippen LogP contribution in [0.1, 0.15) is 10.6 Å². The van der Waals surface area contributed by atoms with Crippen LogP contribution in [-0.2, 0) is 0 Å². The Bertz CT molecular complexity index is 1020. The van der Waals surface area contributed by atoms with Crippen LogP contribution >= 0.6 is 11.3 Å². The van der Waals surface area contributed by atoms with Crippen molar-refractivity contribution in [3.8, 4) is 22.8 Å². The van der Waals surface area contributed by atoms with Gasteiger partial charge in [-0.05, 0) is 30.3 Å². The van der Waals surface area contributed by atoms with Crippen LogP contribution in [0.2, 0.25) is 0 Å². The Labute approximate surface area is 144 Å². The summed E-state index contributed by atoms with van der Waals surface area (Å²) in [6.07, 6.45) is 1.79. The number of carbonyl (C=O) groups excluding carboxylic acids is 1. The van der Waals surface area contributed by atoms with Crippen molar-refractivity contribution in [2.45, 2.75) is 0 Å². The highest BCUT2D eigenvalue weighted by atomic mass is 32.1. The fraction of sp³-hybridized carbons (Fsp3) is 0. The Balaban J connectivity index is 1.50. The van der Waals surface area contributed by atoms with Gasteiger partial charge in [0.05, 0.1) is 11.4 Å². The first kappa shape index (κ1) is 15.2. The molecule has 0 atom stereocenters. The Morgan fingerprint density at radius 2 is 2.16 bits per heavy atom. The summed E-state index contributed by atoms with van der Waals surface area (Å²) in [6, 6.07) is 9.43. The van der Waals surface area contributed by atoms with Gasteiger partial charge < -0.3 is 9.51 Å². The highest BCUT2D eigenvalue weighted by Gasteiger charge is 2.17. The van der Waals surface area contributed by atoms with Crippen molar-refractivity contribution in [1.29, 1.82) is 0 Å². The minimum absolute atomic E-state index is 0.0656. The van der Waals surface area contributed by atoms with E-state index in [1.807, 2.05) is 17.5 Å². The first-order valence-corrected chi connectivity index (χ1v) is 8.07. The zero-order chi connectivity index (χ0) is 17.2. The van der Waals surface area contributed by atoms with Gasteiger partial charge >= 0.3 is 0 Å². The minimum Gasteiger partial charge on any atom is -0.360 e. The molecule has 0 unspecified atom stereocenters. The molecule has 0 saturated heterocycles. The molecule has 4 rings (SSSR count). The normalized spacial score (nSPS) is 10.8. The molecule has 3 aromatic heterocycles. The van der Waals surface area contributed by atoms with Crippen molar-refractivity contribution in [1.82, 2.24) is 20.1 Å². The molecule has 0 fully saturated rings. The fourth-order valence-corrected chi connectivity index (χ4v) is 2.86. The first-order valence-electron chi connectivity index (χ1n) is 7.19. The maximum atomic E-state index is 13.2. The number of aromatic amines is 1. The summed E-state index contributed by atoms with van der Waals surface area (Å²) in [7, 11) is 0. The van der Waals surface area contributed by atoms with E-state index in [0.29, 0.717) is 10.7 Å². The summed E-state index contributed by atoms with van der Waals surface area (Å²) in [6.45, 7) is 0. The number of nitrogens with one attached hydrogen (secondary N) is 2. The van der Waals surface area contributed by atoms with Gasteiger partial charge in [-0.25, -0.2) is 9.37 Å². The Morgan fingerprint density at radius 1 is 1.24 bits per heavy atom. The van der Waals surface area contributed by atoms with Crippen LogP contribution in [0.3, 0.4) is 0 Å². The van der Waals surface area contributed by atoms with E-state index in [1.54, 1.807) is 12.3 Å². The summed E-state index contributed by atoms with van der Waals surface area (Å²) in [5.74, 6) is -1.08. The summed E-state index contributed by atoms with van der Waals surface area (Å²) in [5.41, 5.74) is 1.97. The summed E-state index contributed by atoms with van der Waals surface area (Å²) < 4.78 is 18.3. The maximum absolute atomic E-state index is 13.2. The first-order chi connectivity index (χ1) is 12.2. The van der Waals surface area contributed by atoms with Gasteiger partial charge in [-0.15, -0.1) is 11.3 Å². The molecule has 0 bridgehead atoms. The van der Waals surface area contributed by atoms with Crippen molar-refractivity contribution >= 4 is 22.4 Å². The quantitative estimate of drug-likeness (QED) is 0.583. The van der Waals surface area contributed by atoms with E-state index in [0.717, 1.165) is 11.4 Å². The van der Waals surface area contributed by atoms with Gasteiger partial charge in [0.2, 0.25) is 0 Å². The lowest BCUT2D eigenvalue weighted by atomic mass is 10.2. The fourth-order valence-electron chi connectivity index (χ4n) is 2.15. The van der Waals surface area contributed by atoms with E-state index in [1.165, 1.54) is 29.5 Å². The number of hydrogen-bond acceptors (Lipinski definition) is 6. The maximum Gasteiger partial charge on any atom is 0.298 e. The molecular weight excluding hydrogens is 345 g/mol. The lowest BCUT2D eigenvalue weighted by Gasteiger charge is -1.96. The van der Waals surface area contributed by atoms with Crippen molar-refractivity contribution < 1.29 is 13.7 Å². The number of thiazole rings is 1. The zero-order valence-electron chi connectivity index (χ0n) is 12.6. The van der Waals surface area contributed by atoms with E-state index in [2.05, 4.69) is 25.4 Å². The number of amides is 1. The number of hydrogen-bond donors (Lipinski definition) is 2. The summed E-state index contributed by atoms with van der Waals surface area (Å²) >= 11 is 1.28. The molecule has 0 saturated carbocycles. The monoisotopic (exact) mass is 355 g/mol. The molecular formula is C16H10FN5O2S. The van der Waals surface area contributed by atoms with Crippen LogP contribution < -0.4 is 5.32 Å². The average Bonchev–Trinajstić information content (AvgIpc) is 3.35.